The summed E-state index contributed by atoms with van der Waals surface area (Å²) in [5.74, 6) is 0. The fraction of sp³-hybridized carbons (Fsp3) is 0.111. The molecular weight excluding hydrogens is 294 g/mol. The van der Waals surface area contributed by atoms with Gasteiger partial charge < -0.3 is 4.98 Å². The molecule has 1 aromatic heterocycles. The monoisotopic (exact) mass is 311 g/mol. The van der Waals surface area contributed by atoms with E-state index < -0.39 is 9.84 Å². The van der Waals surface area contributed by atoms with Crippen LogP contribution in [0, 0.1) is 13.8 Å². The molecule has 0 saturated heterocycles. The molecule has 4 heteroatoms. The van der Waals surface area contributed by atoms with Crippen molar-refractivity contribution >= 4 is 20.7 Å². The molecule has 0 aliphatic carbocycles. The number of benzene rings is 2. The number of nitrogens with one attached hydrogen (secondary N) is 1. The largest absolute Gasteiger partial charge is 0.358 e. The van der Waals surface area contributed by atoms with Crippen molar-refractivity contribution in [3.63, 3.8) is 0 Å². The zero-order valence-electron chi connectivity index (χ0n) is 12.6. The van der Waals surface area contributed by atoms with Gasteiger partial charge in [0.25, 0.3) is 0 Å². The Morgan fingerprint density at radius 3 is 2.55 bits per heavy atom. The average molecular weight is 311 g/mol. The van der Waals surface area contributed by atoms with Gasteiger partial charge in [0.05, 0.1) is 4.90 Å². The van der Waals surface area contributed by atoms with E-state index in [9.17, 15) is 8.42 Å². The van der Waals surface area contributed by atoms with Gasteiger partial charge in [0.2, 0.25) is 0 Å². The van der Waals surface area contributed by atoms with Crippen molar-refractivity contribution in [1.82, 2.24) is 4.98 Å². The molecule has 0 fully saturated rings. The summed E-state index contributed by atoms with van der Waals surface area (Å²) in [6, 6.07) is 13.0. The Morgan fingerprint density at radius 2 is 1.82 bits per heavy atom. The lowest BCUT2D eigenvalue weighted by Crippen LogP contribution is -1.95. The van der Waals surface area contributed by atoms with Crippen LogP contribution in [0.25, 0.3) is 22.0 Å². The van der Waals surface area contributed by atoms with Crippen LogP contribution in [0.3, 0.4) is 0 Å². The van der Waals surface area contributed by atoms with Gasteiger partial charge in [-0.25, -0.2) is 8.42 Å². The fourth-order valence-electron chi connectivity index (χ4n) is 2.72. The van der Waals surface area contributed by atoms with Crippen LogP contribution in [0.4, 0.5) is 0 Å². The second-order valence-corrected chi connectivity index (χ2v) is 7.24. The quantitative estimate of drug-likeness (QED) is 0.781. The standard InChI is InChI=1S/C18H17NO2S/c1-4-22(20,21)15-8-5-7-14(11-15)16-9-6-10-17-18(16)12(2)13(3)19-17/h4-11,19H,1H2,2-3H3. The molecule has 2 aromatic carbocycles. The number of aryl methyl sites for hydroxylation is 2. The van der Waals surface area contributed by atoms with E-state index in [1.165, 1.54) is 5.56 Å². The first-order valence-corrected chi connectivity index (χ1v) is 8.54. The van der Waals surface area contributed by atoms with Crippen LogP contribution in [-0.2, 0) is 9.84 Å². The molecule has 0 aliphatic heterocycles. The lowest BCUT2D eigenvalue weighted by molar-refractivity contribution is 0.605. The maximum absolute atomic E-state index is 12.0. The smallest absolute Gasteiger partial charge is 0.199 e. The van der Waals surface area contributed by atoms with Crippen molar-refractivity contribution in [3.8, 4) is 11.1 Å². The van der Waals surface area contributed by atoms with Gasteiger partial charge in [-0.1, -0.05) is 30.8 Å². The highest BCUT2D eigenvalue weighted by molar-refractivity contribution is 7.94. The Bertz CT molecular complexity index is 981. The topological polar surface area (TPSA) is 49.9 Å². The summed E-state index contributed by atoms with van der Waals surface area (Å²) in [7, 11) is -3.43. The maximum atomic E-state index is 12.0. The molecule has 3 rings (SSSR count). The lowest BCUT2D eigenvalue weighted by atomic mass is 9.99. The highest BCUT2D eigenvalue weighted by atomic mass is 32.2. The summed E-state index contributed by atoms with van der Waals surface area (Å²) in [5, 5.41) is 2.12. The third-order valence-electron chi connectivity index (χ3n) is 4.02. The molecule has 3 nitrogen and oxygen atoms in total. The molecule has 112 valence electrons. The molecule has 0 amide bonds. The predicted molar refractivity (Wildman–Crippen MR) is 90.6 cm³/mol. The zero-order chi connectivity index (χ0) is 15.9. The number of hydrogen-bond acceptors (Lipinski definition) is 2. The van der Waals surface area contributed by atoms with Crippen molar-refractivity contribution in [2.24, 2.45) is 0 Å². The first kappa shape index (κ1) is 14.6. The zero-order valence-corrected chi connectivity index (χ0v) is 13.4. The maximum Gasteiger partial charge on any atom is 0.199 e. The van der Waals surface area contributed by atoms with Gasteiger partial charge in [-0.05, 0) is 48.7 Å². The van der Waals surface area contributed by atoms with Crippen LogP contribution in [-0.4, -0.2) is 13.4 Å². The van der Waals surface area contributed by atoms with Gasteiger partial charge in [-0.3, -0.25) is 0 Å². The van der Waals surface area contributed by atoms with Crippen LogP contribution in [0.5, 0.6) is 0 Å². The van der Waals surface area contributed by atoms with E-state index in [2.05, 4.69) is 18.5 Å². The summed E-state index contributed by atoms with van der Waals surface area (Å²) in [6.07, 6.45) is 0. The Kier molecular flexibility index (Phi) is 3.41. The Balaban J connectivity index is 2.29. The molecule has 0 bridgehead atoms. The predicted octanol–water partition coefficient (Wildman–Crippen LogP) is 4.37. The third kappa shape index (κ3) is 2.25. The van der Waals surface area contributed by atoms with E-state index in [4.69, 9.17) is 0 Å². The molecule has 0 spiro atoms. The second kappa shape index (κ2) is 5.14. The minimum atomic E-state index is -3.43. The van der Waals surface area contributed by atoms with Crippen molar-refractivity contribution < 1.29 is 8.42 Å². The molecule has 0 aliphatic rings. The van der Waals surface area contributed by atoms with Crippen LogP contribution in [0.1, 0.15) is 11.3 Å². The van der Waals surface area contributed by atoms with E-state index in [0.717, 1.165) is 33.1 Å². The van der Waals surface area contributed by atoms with E-state index in [1.807, 2.05) is 31.2 Å². The summed E-state index contributed by atoms with van der Waals surface area (Å²) < 4.78 is 24.0. The fourth-order valence-corrected chi connectivity index (χ4v) is 3.47. The van der Waals surface area contributed by atoms with Gasteiger partial charge >= 0.3 is 0 Å². The molecule has 0 unspecified atom stereocenters. The normalized spacial score (nSPS) is 11.7. The van der Waals surface area contributed by atoms with Crippen molar-refractivity contribution in [1.29, 1.82) is 0 Å². The van der Waals surface area contributed by atoms with Crippen molar-refractivity contribution in [2.75, 3.05) is 0 Å². The molecular formula is C18H17NO2S. The summed E-state index contributed by atoms with van der Waals surface area (Å²) in [5.41, 5.74) is 5.28. The average Bonchev–Trinajstić information content (AvgIpc) is 2.82. The molecule has 0 radical (unpaired) electrons. The number of aromatic nitrogens is 1. The Labute approximate surface area is 130 Å². The van der Waals surface area contributed by atoms with Crippen molar-refractivity contribution in [2.45, 2.75) is 18.7 Å². The number of rotatable bonds is 3. The van der Waals surface area contributed by atoms with Gasteiger partial charge in [-0.2, -0.15) is 0 Å². The van der Waals surface area contributed by atoms with E-state index >= 15 is 0 Å². The molecule has 1 N–H and O–H groups in total. The van der Waals surface area contributed by atoms with Crippen LogP contribution >= 0.6 is 0 Å². The number of H-pyrrole nitrogens is 1. The Hall–Kier alpha value is -2.33. The number of aromatic amines is 1. The first-order chi connectivity index (χ1) is 10.4. The highest BCUT2D eigenvalue weighted by Gasteiger charge is 2.13. The number of sulfone groups is 1. The summed E-state index contributed by atoms with van der Waals surface area (Å²) >= 11 is 0. The highest BCUT2D eigenvalue weighted by Crippen LogP contribution is 2.33. The van der Waals surface area contributed by atoms with Gasteiger partial charge in [0, 0.05) is 22.0 Å². The minimum Gasteiger partial charge on any atom is -0.358 e. The second-order valence-electron chi connectivity index (χ2n) is 5.34. The SMILES string of the molecule is C=CS(=O)(=O)c1cccc(-c2cccc3[nH]c(C)c(C)c23)c1. The van der Waals surface area contributed by atoms with Gasteiger partial charge in [0.1, 0.15) is 0 Å². The first-order valence-electron chi connectivity index (χ1n) is 7.00. The number of fused-ring (bicyclic) bond motifs is 1. The summed E-state index contributed by atoms with van der Waals surface area (Å²) in [6.45, 7) is 7.50. The van der Waals surface area contributed by atoms with Crippen molar-refractivity contribution in [3.05, 3.63) is 65.7 Å². The number of hydrogen-bond donors (Lipinski definition) is 1. The molecule has 0 saturated carbocycles. The molecule has 22 heavy (non-hydrogen) atoms. The van der Waals surface area contributed by atoms with E-state index in [0.29, 0.717) is 0 Å². The molecule has 0 atom stereocenters. The van der Waals surface area contributed by atoms with Gasteiger partial charge in [0.15, 0.2) is 9.84 Å². The van der Waals surface area contributed by atoms with Gasteiger partial charge in [-0.15, -0.1) is 0 Å². The summed E-state index contributed by atoms with van der Waals surface area (Å²) in [4.78, 5) is 3.62. The Morgan fingerprint density at radius 1 is 1.09 bits per heavy atom. The van der Waals surface area contributed by atoms with Crippen LogP contribution in [0.15, 0.2) is 59.3 Å². The van der Waals surface area contributed by atoms with E-state index in [-0.39, 0.29) is 4.90 Å². The van der Waals surface area contributed by atoms with E-state index in [1.54, 1.807) is 18.2 Å². The molecule has 1 heterocycles. The minimum absolute atomic E-state index is 0.266. The van der Waals surface area contributed by atoms with Crippen LogP contribution in [0.2, 0.25) is 0 Å². The lowest BCUT2D eigenvalue weighted by Gasteiger charge is -2.07. The van der Waals surface area contributed by atoms with Crippen LogP contribution < -0.4 is 0 Å². The third-order valence-corrected chi connectivity index (χ3v) is 5.37. The molecule has 3 aromatic rings.